The molecule has 0 saturated heterocycles. The Bertz CT molecular complexity index is 507. The van der Waals surface area contributed by atoms with Crippen molar-refractivity contribution < 1.29 is 14.6 Å². The predicted molar refractivity (Wildman–Crippen MR) is 85.9 cm³/mol. The van der Waals surface area contributed by atoms with E-state index >= 15 is 0 Å². The minimum Gasteiger partial charge on any atom is -0.444 e. The van der Waals surface area contributed by atoms with Gasteiger partial charge in [0.25, 0.3) is 0 Å². The van der Waals surface area contributed by atoms with E-state index in [4.69, 9.17) is 16.3 Å². The highest BCUT2D eigenvalue weighted by molar-refractivity contribution is 6.30. The lowest BCUT2D eigenvalue weighted by Gasteiger charge is -2.24. The van der Waals surface area contributed by atoms with E-state index in [2.05, 4.69) is 5.32 Å². The lowest BCUT2D eigenvalue weighted by molar-refractivity contribution is 0.0635. The zero-order valence-electron chi connectivity index (χ0n) is 13.3. The Kier molecular flexibility index (Phi) is 5.65. The Morgan fingerprint density at radius 2 is 1.90 bits per heavy atom. The number of aliphatic hydroxyl groups is 1. The van der Waals surface area contributed by atoms with E-state index in [9.17, 15) is 9.90 Å². The third-order valence-corrected chi connectivity index (χ3v) is 3.04. The number of carbonyl (C=O) groups is 1. The molecule has 0 bridgehead atoms. The van der Waals surface area contributed by atoms with Gasteiger partial charge in [-0.3, -0.25) is 5.32 Å². The van der Waals surface area contributed by atoms with Gasteiger partial charge >= 0.3 is 6.09 Å². The predicted octanol–water partition coefficient (Wildman–Crippen LogP) is 4.25. The first kappa shape index (κ1) is 17.8. The maximum absolute atomic E-state index is 11.9. The molecule has 0 aliphatic rings. The molecule has 118 valence electrons. The molecule has 0 heterocycles. The Morgan fingerprint density at radius 3 is 2.43 bits per heavy atom. The SMILES string of the molecule is CC(C)(CO)Cc1cc(Cl)ccc1NC(=O)OC(C)(C)C. The van der Waals surface area contributed by atoms with Gasteiger partial charge in [0.1, 0.15) is 5.60 Å². The maximum Gasteiger partial charge on any atom is 0.412 e. The standard InChI is InChI=1S/C16H24ClNO3/c1-15(2,3)21-14(20)18-13-7-6-12(17)8-11(13)9-16(4,5)10-19/h6-8,19H,9-10H2,1-5H3,(H,18,20). The largest absolute Gasteiger partial charge is 0.444 e. The number of nitrogens with one attached hydrogen (secondary N) is 1. The Hall–Kier alpha value is -1.26. The van der Waals surface area contributed by atoms with E-state index in [0.717, 1.165) is 5.56 Å². The van der Waals surface area contributed by atoms with Crippen molar-refractivity contribution in [1.29, 1.82) is 0 Å². The molecule has 2 N–H and O–H groups in total. The molecular weight excluding hydrogens is 290 g/mol. The summed E-state index contributed by atoms with van der Waals surface area (Å²) >= 11 is 6.03. The first-order valence-corrected chi connectivity index (χ1v) is 7.29. The number of halogens is 1. The molecule has 5 heteroatoms. The van der Waals surface area contributed by atoms with E-state index < -0.39 is 11.7 Å². The molecule has 0 aromatic heterocycles. The summed E-state index contributed by atoms with van der Waals surface area (Å²) in [4.78, 5) is 11.9. The number of amides is 1. The second kappa shape index (κ2) is 6.67. The Balaban J connectivity index is 2.94. The lowest BCUT2D eigenvalue weighted by Crippen LogP contribution is -2.28. The number of carbonyl (C=O) groups excluding carboxylic acids is 1. The molecule has 1 amide bonds. The molecule has 1 aromatic rings. The number of ether oxygens (including phenoxy) is 1. The number of hydrogen-bond acceptors (Lipinski definition) is 3. The third-order valence-electron chi connectivity index (χ3n) is 2.80. The average molecular weight is 314 g/mol. The van der Waals surface area contributed by atoms with Crippen LogP contribution in [0.15, 0.2) is 18.2 Å². The molecule has 0 radical (unpaired) electrons. The van der Waals surface area contributed by atoms with Gasteiger partial charge in [-0.15, -0.1) is 0 Å². The number of anilines is 1. The van der Waals surface area contributed by atoms with E-state index in [1.165, 1.54) is 0 Å². The van der Waals surface area contributed by atoms with Crippen LogP contribution in [-0.4, -0.2) is 23.4 Å². The van der Waals surface area contributed by atoms with Gasteiger partial charge < -0.3 is 9.84 Å². The topological polar surface area (TPSA) is 58.6 Å². The van der Waals surface area contributed by atoms with E-state index in [1.807, 2.05) is 34.6 Å². The highest BCUT2D eigenvalue weighted by atomic mass is 35.5. The van der Waals surface area contributed by atoms with Crippen molar-refractivity contribution in [3.8, 4) is 0 Å². The number of hydrogen-bond donors (Lipinski definition) is 2. The van der Waals surface area contributed by atoms with E-state index in [1.54, 1.807) is 18.2 Å². The lowest BCUT2D eigenvalue weighted by atomic mass is 9.86. The molecule has 0 aliphatic heterocycles. The molecule has 0 spiro atoms. The molecule has 0 saturated carbocycles. The first-order chi connectivity index (χ1) is 9.52. The van der Waals surface area contributed by atoms with Gasteiger partial charge in [0.15, 0.2) is 0 Å². The molecular formula is C16H24ClNO3. The Morgan fingerprint density at radius 1 is 1.29 bits per heavy atom. The quantitative estimate of drug-likeness (QED) is 0.873. The van der Waals surface area contributed by atoms with Crippen LogP contribution in [0, 0.1) is 5.41 Å². The van der Waals surface area contributed by atoms with Crippen molar-refractivity contribution in [2.75, 3.05) is 11.9 Å². The van der Waals surface area contributed by atoms with Crippen LogP contribution in [0.3, 0.4) is 0 Å². The molecule has 21 heavy (non-hydrogen) atoms. The van der Waals surface area contributed by atoms with Gasteiger partial charge in [-0.1, -0.05) is 25.4 Å². The van der Waals surface area contributed by atoms with Crippen molar-refractivity contribution in [2.24, 2.45) is 5.41 Å². The van der Waals surface area contributed by atoms with Crippen molar-refractivity contribution in [3.05, 3.63) is 28.8 Å². The summed E-state index contributed by atoms with van der Waals surface area (Å²) in [5.74, 6) is 0. The minimum absolute atomic E-state index is 0.0470. The summed E-state index contributed by atoms with van der Waals surface area (Å²) in [6, 6.07) is 5.25. The van der Waals surface area contributed by atoms with Gasteiger partial charge in [0, 0.05) is 17.3 Å². The molecule has 0 aliphatic carbocycles. The van der Waals surface area contributed by atoms with Gasteiger partial charge in [0.2, 0.25) is 0 Å². The number of rotatable bonds is 4. The van der Waals surface area contributed by atoms with E-state index in [0.29, 0.717) is 17.1 Å². The maximum atomic E-state index is 11.9. The highest BCUT2D eigenvalue weighted by Gasteiger charge is 2.21. The smallest absolute Gasteiger partial charge is 0.412 e. The average Bonchev–Trinajstić information content (AvgIpc) is 2.30. The molecule has 1 rings (SSSR count). The van der Waals surface area contributed by atoms with Crippen molar-refractivity contribution in [1.82, 2.24) is 0 Å². The third kappa shape index (κ3) is 6.36. The zero-order chi connectivity index (χ0) is 16.3. The summed E-state index contributed by atoms with van der Waals surface area (Å²) < 4.78 is 5.25. The minimum atomic E-state index is -0.555. The molecule has 0 atom stereocenters. The van der Waals surface area contributed by atoms with Crippen LogP contribution >= 0.6 is 11.6 Å². The fourth-order valence-corrected chi connectivity index (χ4v) is 2.01. The Labute approximate surface area is 131 Å². The van der Waals surface area contributed by atoms with Crippen LogP contribution in [0.5, 0.6) is 0 Å². The number of benzene rings is 1. The van der Waals surface area contributed by atoms with Gasteiger partial charge in [-0.25, -0.2) is 4.79 Å². The first-order valence-electron chi connectivity index (χ1n) is 6.92. The van der Waals surface area contributed by atoms with Gasteiger partial charge in [-0.05, 0) is 56.4 Å². The van der Waals surface area contributed by atoms with Crippen molar-refractivity contribution >= 4 is 23.4 Å². The van der Waals surface area contributed by atoms with Crippen LogP contribution in [0.1, 0.15) is 40.2 Å². The van der Waals surface area contributed by atoms with Crippen LogP contribution in [0.25, 0.3) is 0 Å². The summed E-state index contributed by atoms with van der Waals surface area (Å²) in [6.07, 6.45) is 0.0859. The van der Waals surface area contributed by atoms with Crippen molar-refractivity contribution in [3.63, 3.8) is 0 Å². The van der Waals surface area contributed by atoms with Crippen LogP contribution in [0.4, 0.5) is 10.5 Å². The molecule has 0 fully saturated rings. The zero-order valence-corrected chi connectivity index (χ0v) is 14.0. The van der Waals surface area contributed by atoms with Crippen molar-refractivity contribution in [2.45, 2.75) is 46.6 Å². The van der Waals surface area contributed by atoms with E-state index in [-0.39, 0.29) is 12.0 Å². The fourth-order valence-electron chi connectivity index (χ4n) is 1.82. The number of aliphatic hydroxyl groups excluding tert-OH is 1. The molecule has 1 aromatic carbocycles. The monoisotopic (exact) mass is 313 g/mol. The summed E-state index contributed by atoms with van der Waals surface area (Å²) in [5, 5.41) is 12.7. The van der Waals surface area contributed by atoms with Crippen LogP contribution < -0.4 is 5.32 Å². The van der Waals surface area contributed by atoms with Gasteiger partial charge in [-0.2, -0.15) is 0 Å². The second-order valence-electron chi connectivity index (χ2n) is 6.93. The normalized spacial score (nSPS) is 12.1. The summed E-state index contributed by atoms with van der Waals surface area (Å²) in [7, 11) is 0. The molecule has 0 unspecified atom stereocenters. The summed E-state index contributed by atoms with van der Waals surface area (Å²) in [5.41, 5.74) is 0.665. The molecule has 4 nitrogen and oxygen atoms in total. The van der Waals surface area contributed by atoms with Crippen LogP contribution in [-0.2, 0) is 11.2 Å². The van der Waals surface area contributed by atoms with Crippen LogP contribution in [0.2, 0.25) is 5.02 Å². The fraction of sp³-hybridized carbons (Fsp3) is 0.562. The second-order valence-corrected chi connectivity index (χ2v) is 7.36. The van der Waals surface area contributed by atoms with Gasteiger partial charge in [0.05, 0.1) is 0 Å². The highest BCUT2D eigenvalue weighted by Crippen LogP contribution is 2.28. The summed E-state index contributed by atoms with van der Waals surface area (Å²) in [6.45, 7) is 9.38.